The van der Waals surface area contributed by atoms with Crippen molar-refractivity contribution in [3.8, 4) is 11.4 Å². The van der Waals surface area contributed by atoms with Crippen molar-refractivity contribution in [3.05, 3.63) is 47.4 Å². The highest BCUT2D eigenvalue weighted by molar-refractivity contribution is 6.30. The van der Waals surface area contributed by atoms with Gasteiger partial charge in [-0.05, 0) is 44.2 Å². The Kier molecular flexibility index (Phi) is 4.60. The van der Waals surface area contributed by atoms with Gasteiger partial charge in [0, 0.05) is 16.8 Å². The normalized spacial score (nSPS) is 15.5. The number of carbonyl (C=O) groups excluding carboxylic acids is 1. The maximum atomic E-state index is 12.0. The van der Waals surface area contributed by atoms with Gasteiger partial charge in [0.25, 0.3) is 0 Å². The van der Waals surface area contributed by atoms with Gasteiger partial charge in [-0.2, -0.15) is 9.97 Å². The molecule has 1 N–H and O–H groups in total. The monoisotopic (exact) mass is 400 g/mol. The third-order valence-electron chi connectivity index (χ3n) is 4.17. The molecular formula is C18H17ClN6O3. The first-order chi connectivity index (χ1) is 13.4. The van der Waals surface area contributed by atoms with Gasteiger partial charge in [-0.25, -0.2) is 9.78 Å². The van der Waals surface area contributed by atoms with Crippen LogP contribution in [0.15, 0.2) is 41.1 Å². The summed E-state index contributed by atoms with van der Waals surface area (Å²) in [6.45, 7) is 4.35. The minimum Gasteiger partial charge on any atom is -0.447 e. The number of benzene rings is 1. The largest absolute Gasteiger partial charge is 0.447 e. The highest BCUT2D eigenvalue weighted by Gasteiger charge is 2.41. The molecule has 1 saturated heterocycles. The molecule has 1 fully saturated rings. The number of nitrogens with one attached hydrogen (secondary N) is 1. The molecule has 2 aromatic heterocycles. The van der Waals surface area contributed by atoms with Gasteiger partial charge in [0.05, 0.1) is 12.1 Å². The molecule has 9 nitrogen and oxygen atoms in total. The van der Waals surface area contributed by atoms with Gasteiger partial charge >= 0.3 is 6.09 Å². The molecule has 10 heteroatoms. The fourth-order valence-electron chi connectivity index (χ4n) is 2.77. The molecule has 28 heavy (non-hydrogen) atoms. The van der Waals surface area contributed by atoms with Gasteiger partial charge in [0.15, 0.2) is 0 Å². The molecule has 0 bridgehead atoms. The molecule has 4 rings (SSSR count). The van der Waals surface area contributed by atoms with Crippen molar-refractivity contribution < 1.29 is 14.1 Å². The van der Waals surface area contributed by atoms with Crippen LogP contribution in [-0.4, -0.2) is 38.3 Å². The molecule has 1 amide bonds. The first kappa shape index (κ1) is 18.2. The highest BCUT2D eigenvalue weighted by atomic mass is 35.5. The van der Waals surface area contributed by atoms with Crippen LogP contribution in [0.5, 0.6) is 0 Å². The summed E-state index contributed by atoms with van der Waals surface area (Å²) in [7, 11) is 0. The second kappa shape index (κ2) is 7.08. The molecule has 1 aromatic carbocycles. The molecule has 0 spiro atoms. The summed E-state index contributed by atoms with van der Waals surface area (Å²) in [5.41, 5.74) is 0.315. The molecule has 3 aromatic rings. The van der Waals surface area contributed by atoms with Crippen molar-refractivity contribution in [2.24, 2.45) is 0 Å². The lowest BCUT2D eigenvalue weighted by atomic mass is 10.1. The van der Waals surface area contributed by atoms with Crippen LogP contribution in [-0.2, 0) is 11.3 Å². The first-order valence-electron chi connectivity index (χ1n) is 8.55. The van der Waals surface area contributed by atoms with Gasteiger partial charge in [-0.15, -0.1) is 0 Å². The zero-order valence-electron chi connectivity index (χ0n) is 15.2. The van der Waals surface area contributed by atoms with Crippen LogP contribution < -0.4 is 10.2 Å². The van der Waals surface area contributed by atoms with E-state index in [9.17, 15) is 4.79 Å². The Morgan fingerprint density at radius 2 is 2.00 bits per heavy atom. The molecule has 0 saturated carbocycles. The number of amides is 1. The van der Waals surface area contributed by atoms with E-state index >= 15 is 0 Å². The number of aromatic nitrogens is 4. The number of carbonyl (C=O) groups is 1. The second-order valence-electron chi connectivity index (χ2n) is 6.81. The number of anilines is 2. The predicted octanol–water partition coefficient (Wildman–Crippen LogP) is 3.53. The average molecular weight is 401 g/mol. The van der Waals surface area contributed by atoms with Gasteiger partial charge < -0.3 is 14.6 Å². The molecule has 144 valence electrons. The van der Waals surface area contributed by atoms with Crippen molar-refractivity contribution in [1.29, 1.82) is 0 Å². The van der Waals surface area contributed by atoms with Gasteiger partial charge in [0.2, 0.25) is 17.7 Å². The summed E-state index contributed by atoms with van der Waals surface area (Å²) >= 11 is 5.89. The topological polar surface area (TPSA) is 106 Å². The van der Waals surface area contributed by atoms with Crippen LogP contribution in [0.1, 0.15) is 19.7 Å². The molecule has 0 radical (unpaired) electrons. The Bertz CT molecular complexity index is 1000. The Balaban J connectivity index is 1.46. The minimum absolute atomic E-state index is 0.234. The Labute approximate surface area is 165 Å². The van der Waals surface area contributed by atoms with E-state index in [2.05, 4.69) is 25.4 Å². The number of halogens is 1. The first-order valence-corrected chi connectivity index (χ1v) is 8.93. The lowest BCUT2D eigenvalue weighted by Gasteiger charge is -2.26. The third-order valence-corrected chi connectivity index (χ3v) is 4.43. The van der Waals surface area contributed by atoms with Crippen LogP contribution in [0, 0.1) is 0 Å². The number of ether oxygens (including phenoxy) is 1. The quantitative estimate of drug-likeness (QED) is 0.693. The second-order valence-corrected chi connectivity index (χ2v) is 7.25. The fourth-order valence-corrected chi connectivity index (χ4v) is 2.90. The van der Waals surface area contributed by atoms with Crippen LogP contribution in [0.2, 0.25) is 5.02 Å². The summed E-state index contributed by atoms with van der Waals surface area (Å²) in [5, 5.41) is 7.62. The number of nitrogens with zero attached hydrogens (tertiary/aromatic N) is 5. The SMILES string of the molecule is CC1(C)COC(=O)N1c1ccnc(NCc2nc(-c3ccc(Cl)cc3)no2)n1. The van der Waals surface area contributed by atoms with Crippen LogP contribution >= 0.6 is 11.6 Å². The fraction of sp³-hybridized carbons (Fsp3) is 0.278. The van der Waals surface area contributed by atoms with Crippen LogP contribution in [0.3, 0.4) is 0 Å². The van der Waals surface area contributed by atoms with Gasteiger partial charge in [0.1, 0.15) is 12.4 Å². The third kappa shape index (κ3) is 3.61. The number of hydrogen-bond acceptors (Lipinski definition) is 8. The molecule has 1 aliphatic heterocycles. The highest BCUT2D eigenvalue weighted by Crippen LogP contribution is 2.29. The van der Waals surface area contributed by atoms with E-state index in [0.717, 1.165) is 5.56 Å². The molecule has 3 heterocycles. The van der Waals surface area contributed by atoms with E-state index < -0.39 is 11.6 Å². The smallest absolute Gasteiger partial charge is 0.416 e. The average Bonchev–Trinajstić information content (AvgIpc) is 3.25. The van der Waals surface area contributed by atoms with Gasteiger partial charge in [-0.1, -0.05) is 16.8 Å². The Hall–Kier alpha value is -3.20. The molecule has 0 aliphatic carbocycles. The Morgan fingerprint density at radius 3 is 2.71 bits per heavy atom. The maximum Gasteiger partial charge on any atom is 0.416 e. The van der Waals surface area contributed by atoms with Crippen LogP contribution in [0.4, 0.5) is 16.6 Å². The molecule has 0 unspecified atom stereocenters. The predicted molar refractivity (Wildman–Crippen MR) is 102 cm³/mol. The van der Waals surface area contributed by atoms with E-state index in [1.807, 2.05) is 26.0 Å². The lowest BCUT2D eigenvalue weighted by Crippen LogP contribution is -2.42. The van der Waals surface area contributed by atoms with Crippen molar-refractivity contribution >= 4 is 29.5 Å². The molecular weight excluding hydrogens is 384 g/mol. The zero-order valence-corrected chi connectivity index (χ0v) is 16.0. The number of hydrogen-bond donors (Lipinski definition) is 1. The van der Waals surface area contributed by atoms with Crippen molar-refractivity contribution in [2.45, 2.75) is 25.9 Å². The molecule has 1 aliphatic rings. The standard InChI is InChI=1S/C18H17ClN6O3/c1-18(2)10-27-17(26)25(18)13-7-8-20-16(22-13)21-9-14-23-15(24-28-14)11-3-5-12(19)6-4-11/h3-8H,9-10H2,1-2H3,(H,20,21,22). The summed E-state index contributed by atoms with van der Waals surface area (Å²) in [6.07, 6.45) is 1.14. The van der Waals surface area contributed by atoms with Crippen molar-refractivity contribution in [1.82, 2.24) is 20.1 Å². The summed E-state index contributed by atoms with van der Waals surface area (Å²) in [4.78, 5) is 26.4. The lowest BCUT2D eigenvalue weighted by molar-refractivity contribution is 0.175. The van der Waals surface area contributed by atoms with E-state index in [0.29, 0.717) is 35.1 Å². The Morgan fingerprint density at radius 1 is 1.21 bits per heavy atom. The van der Waals surface area contributed by atoms with Crippen molar-refractivity contribution in [2.75, 3.05) is 16.8 Å². The van der Waals surface area contributed by atoms with E-state index in [4.69, 9.17) is 20.9 Å². The number of rotatable bonds is 5. The van der Waals surface area contributed by atoms with E-state index in [1.165, 1.54) is 4.90 Å². The zero-order chi connectivity index (χ0) is 19.7. The van der Waals surface area contributed by atoms with E-state index in [-0.39, 0.29) is 6.54 Å². The van der Waals surface area contributed by atoms with Crippen LogP contribution in [0.25, 0.3) is 11.4 Å². The number of cyclic esters (lactones) is 1. The summed E-state index contributed by atoms with van der Waals surface area (Å²) < 4.78 is 10.4. The molecule has 0 atom stereocenters. The minimum atomic E-state index is -0.483. The van der Waals surface area contributed by atoms with Crippen molar-refractivity contribution in [3.63, 3.8) is 0 Å². The van der Waals surface area contributed by atoms with E-state index in [1.54, 1.807) is 24.4 Å². The van der Waals surface area contributed by atoms with Gasteiger partial charge in [-0.3, -0.25) is 4.90 Å². The summed E-state index contributed by atoms with van der Waals surface area (Å²) in [6, 6.07) is 8.80. The summed E-state index contributed by atoms with van der Waals surface area (Å²) in [5.74, 6) is 1.63. The maximum absolute atomic E-state index is 12.0.